The van der Waals surface area contributed by atoms with Crippen molar-refractivity contribution in [3.05, 3.63) is 0 Å². The molecule has 0 rings (SSSR count). The summed E-state index contributed by atoms with van der Waals surface area (Å²) < 4.78 is 16.1. The van der Waals surface area contributed by atoms with Gasteiger partial charge in [0.2, 0.25) is 5.66 Å². The number of hydrogen-bond acceptors (Lipinski definition) is 3. The van der Waals surface area contributed by atoms with Crippen molar-refractivity contribution in [1.82, 2.24) is 0 Å². The molecule has 0 heterocycles. The van der Waals surface area contributed by atoms with Crippen LogP contribution < -0.4 is 0 Å². The van der Waals surface area contributed by atoms with Gasteiger partial charge in [-0.05, 0) is 13.8 Å². The Morgan fingerprint density at radius 3 is 2.67 bits per heavy atom. The van der Waals surface area contributed by atoms with Crippen LogP contribution in [0.1, 0.15) is 13.8 Å². The fraction of sp³-hybridized carbons (Fsp3) is 0.857. The van der Waals surface area contributed by atoms with Gasteiger partial charge in [-0.15, -0.1) is 0 Å². The Labute approximate surface area is 72.7 Å². The summed E-state index contributed by atoms with van der Waals surface area (Å²) in [5.41, 5.74) is -0.763. The maximum absolute atomic E-state index is 11.1. The van der Waals surface area contributed by atoms with E-state index in [0.29, 0.717) is 19.4 Å². The number of hydrogen-bond donors (Lipinski definition) is 1. The molecule has 0 aromatic rings. The zero-order valence-electron chi connectivity index (χ0n) is 7.32. The molecule has 0 aliphatic heterocycles. The Kier molecular flexibility index (Phi) is 5.85. The highest BCUT2D eigenvalue weighted by atomic mass is 31.1. The molecule has 0 aliphatic carbocycles. The molecule has 0 amide bonds. The van der Waals surface area contributed by atoms with Crippen LogP contribution in [0.2, 0.25) is 0 Å². The third kappa shape index (κ3) is 4.42. The van der Waals surface area contributed by atoms with Crippen LogP contribution in [0, 0.1) is 0 Å². The maximum Gasteiger partial charge on any atom is 0.355 e. The van der Waals surface area contributed by atoms with E-state index in [1.54, 1.807) is 0 Å². The number of carbonyl (C=O) groups is 1. The van der Waals surface area contributed by atoms with Crippen molar-refractivity contribution in [3.63, 3.8) is 0 Å². The maximum atomic E-state index is 11.1. The van der Waals surface area contributed by atoms with E-state index < -0.39 is 19.4 Å². The van der Waals surface area contributed by atoms with Crippen LogP contribution >= 0.6 is 7.80 Å². The van der Waals surface area contributed by atoms with Crippen LogP contribution in [0.25, 0.3) is 0 Å². The van der Waals surface area contributed by atoms with Crippen LogP contribution in [-0.2, 0) is 14.1 Å². The summed E-state index contributed by atoms with van der Waals surface area (Å²) in [4.78, 5) is 10.3. The van der Waals surface area contributed by atoms with Gasteiger partial charge in [-0.2, -0.15) is 0 Å². The lowest BCUT2D eigenvalue weighted by Crippen LogP contribution is -2.13. The highest BCUT2D eigenvalue weighted by Gasteiger charge is 2.31. The Balaban J connectivity index is 3.65. The standard InChI is InChI=1S/C7H13O4P/c1-3-11-4-5-12(10)6(2)7(8)9/h6H,3-5H2,1-2H3/p+1. The number of rotatable bonds is 6. The van der Waals surface area contributed by atoms with Gasteiger partial charge in [0, 0.05) is 6.61 Å². The highest BCUT2D eigenvalue weighted by Crippen LogP contribution is 2.27. The normalized spacial score (nSPS) is 14.0. The Hall–Kier alpha value is -0.470. The van der Waals surface area contributed by atoms with Crippen molar-refractivity contribution in [1.29, 1.82) is 0 Å². The second kappa shape index (κ2) is 6.09. The van der Waals surface area contributed by atoms with Gasteiger partial charge >= 0.3 is 13.8 Å². The molecule has 0 spiro atoms. The molecule has 0 aromatic heterocycles. The molecule has 2 atom stereocenters. The quantitative estimate of drug-likeness (QED) is 0.510. The predicted molar refractivity (Wildman–Crippen MR) is 46.1 cm³/mol. The number of carboxylic acids is 1. The van der Waals surface area contributed by atoms with Crippen molar-refractivity contribution in [2.75, 3.05) is 19.4 Å². The zero-order valence-corrected chi connectivity index (χ0v) is 8.21. The first-order valence-corrected chi connectivity index (χ1v) is 5.35. The number of ether oxygens (including phenoxy) is 1. The average Bonchev–Trinajstić information content (AvgIpc) is 2.03. The second-order valence-corrected chi connectivity index (χ2v) is 4.41. The minimum Gasteiger partial charge on any atom is -0.478 e. The lowest BCUT2D eigenvalue weighted by Gasteiger charge is -1.95. The van der Waals surface area contributed by atoms with Crippen LogP contribution in [-0.4, -0.2) is 36.1 Å². The average molecular weight is 193 g/mol. The van der Waals surface area contributed by atoms with Gasteiger partial charge < -0.3 is 9.84 Å². The SMILES string of the molecule is CCOCC[P+](=O)C(C)C(=O)O. The van der Waals surface area contributed by atoms with E-state index in [-0.39, 0.29) is 0 Å². The van der Waals surface area contributed by atoms with Crippen LogP contribution in [0.4, 0.5) is 0 Å². The molecule has 0 radical (unpaired) electrons. The van der Waals surface area contributed by atoms with Crippen molar-refractivity contribution in [3.8, 4) is 0 Å². The molecule has 4 nitrogen and oxygen atoms in total. The fourth-order valence-electron chi connectivity index (χ4n) is 0.616. The third-order valence-corrected chi connectivity index (χ3v) is 3.16. The minimum atomic E-state index is -1.67. The molecular weight excluding hydrogens is 179 g/mol. The molecule has 0 bridgehead atoms. The first kappa shape index (κ1) is 11.5. The molecular formula is C7H14O4P+. The first-order chi connectivity index (χ1) is 5.59. The lowest BCUT2D eigenvalue weighted by atomic mass is 10.5. The summed E-state index contributed by atoms with van der Waals surface area (Å²) in [5.74, 6) is -1.01. The van der Waals surface area contributed by atoms with E-state index in [0.717, 1.165) is 0 Å². The van der Waals surface area contributed by atoms with Crippen molar-refractivity contribution in [2.45, 2.75) is 19.5 Å². The molecule has 0 aliphatic rings. The van der Waals surface area contributed by atoms with Gasteiger partial charge in [0.1, 0.15) is 0 Å². The second-order valence-electron chi connectivity index (χ2n) is 2.35. The highest BCUT2D eigenvalue weighted by molar-refractivity contribution is 7.46. The molecule has 5 heteroatoms. The molecule has 0 saturated carbocycles. The monoisotopic (exact) mass is 193 g/mol. The molecule has 12 heavy (non-hydrogen) atoms. The number of carboxylic acid groups (broad SMARTS) is 1. The smallest absolute Gasteiger partial charge is 0.355 e. The van der Waals surface area contributed by atoms with Crippen molar-refractivity contribution in [2.24, 2.45) is 0 Å². The van der Waals surface area contributed by atoms with E-state index in [1.807, 2.05) is 6.92 Å². The minimum absolute atomic E-state index is 0.330. The summed E-state index contributed by atoms with van der Waals surface area (Å²) >= 11 is 0. The molecule has 0 fully saturated rings. The van der Waals surface area contributed by atoms with Gasteiger partial charge in [0.05, 0.1) is 6.61 Å². The van der Waals surface area contributed by atoms with Gasteiger partial charge in [0.25, 0.3) is 0 Å². The van der Waals surface area contributed by atoms with Gasteiger partial charge in [-0.25, -0.2) is 4.79 Å². The summed E-state index contributed by atoms with van der Waals surface area (Å²) in [6.45, 7) is 4.24. The fourth-order valence-corrected chi connectivity index (χ4v) is 1.56. The largest absolute Gasteiger partial charge is 0.478 e. The van der Waals surface area contributed by atoms with E-state index in [4.69, 9.17) is 9.84 Å². The van der Waals surface area contributed by atoms with Crippen LogP contribution in [0.5, 0.6) is 0 Å². The summed E-state index contributed by atoms with van der Waals surface area (Å²) in [6, 6.07) is 0. The summed E-state index contributed by atoms with van der Waals surface area (Å²) in [7, 11) is -1.67. The topological polar surface area (TPSA) is 63.6 Å². The summed E-state index contributed by atoms with van der Waals surface area (Å²) in [5, 5.41) is 8.48. The molecule has 1 N–H and O–H groups in total. The molecule has 0 saturated heterocycles. The Morgan fingerprint density at radius 2 is 2.25 bits per heavy atom. The molecule has 0 aromatic carbocycles. The van der Waals surface area contributed by atoms with E-state index in [2.05, 4.69) is 0 Å². The zero-order chi connectivity index (χ0) is 9.56. The molecule has 2 unspecified atom stereocenters. The van der Waals surface area contributed by atoms with Crippen LogP contribution in [0.3, 0.4) is 0 Å². The Bertz CT molecular complexity index is 169. The number of aliphatic carboxylic acids is 1. The van der Waals surface area contributed by atoms with E-state index >= 15 is 0 Å². The van der Waals surface area contributed by atoms with Gasteiger partial charge in [0.15, 0.2) is 6.16 Å². The van der Waals surface area contributed by atoms with E-state index in [9.17, 15) is 9.36 Å². The van der Waals surface area contributed by atoms with Crippen LogP contribution in [0.15, 0.2) is 0 Å². The predicted octanol–water partition coefficient (Wildman–Crippen LogP) is 1.32. The van der Waals surface area contributed by atoms with Gasteiger partial charge in [-0.1, -0.05) is 4.57 Å². The summed E-state index contributed by atoms with van der Waals surface area (Å²) in [6.07, 6.45) is 0.330. The molecule has 70 valence electrons. The Morgan fingerprint density at radius 1 is 1.67 bits per heavy atom. The first-order valence-electron chi connectivity index (χ1n) is 3.84. The third-order valence-electron chi connectivity index (χ3n) is 1.45. The van der Waals surface area contributed by atoms with Gasteiger partial charge in [-0.3, -0.25) is 0 Å². The lowest BCUT2D eigenvalue weighted by molar-refractivity contribution is -0.136. The van der Waals surface area contributed by atoms with Crippen molar-refractivity contribution >= 4 is 13.8 Å². The van der Waals surface area contributed by atoms with Crippen molar-refractivity contribution < 1.29 is 19.2 Å². The van der Waals surface area contributed by atoms with E-state index in [1.165, 1.54) is 6.92 Å².